The van der Waals surface area contributed by atoms with Crippen LogP contribution >= 0.6 is 0 Å². The Hall–Kier alpha value is -2.99. The van der Waals surface area contributed by atoms with Crippen LogP contribution < -0.4 is 9.47 Å². The minimum Gasteiger partial charge on any atom is -0.493 e. The van der Waals surface area contributed by atoms with Gasteiger partial charge in [-0.05, 0) is 61.1 Å². The number of fused-ring (bicyclic) bond motifs is 2. The predicted molar refractivity (Wildman–Crippen MR) is 121 cm³/mol. The van der Waals surface area contributed by atoms with Gasteiger partial charge in [-0.3, -0.25) is 4.79 Å². The largest absolute Gasteiger partial charge is 0.493 e. The van der Waals surface area contributed by atoms with Gasteiger partial charge in [0, 0.05) is 30.8 Å². The molecule has 3 aromatic rings. The van der Waals surface area contributed by atoms with Crippen LogP contribution in [0.4, 0.5) is 0 Å². The second-order valence-corrected chi connectivity index (χ2v) is 7.82. The van der Waals surface area contributed by atoms with Crippen molar-refractivity contribution in [2.75, 3.05) is 34.0 Å². The summed E-state index contributed by atoms with van der Waals surface area (Å²) in [5.74, 6) is 1.49. The Labute approximate surface area is 183 Å². The molecule has 1 N–H and O–H groups in total. The van der Waals surface area contributed by atoms with Gasteiger partial charge < -0.3 is 24.1 Å². The molecule has 1 amide bonds. The smallest absolute Gasteiger partial charge is 0.249 e. The number of hydrogen-bond acceptors (Lipinski definition) is 4. The van der Waals surface area contributed by atoms with Crippen molar-refractivity contribution in [3.63, 3.8) is 0 Å². The number of aromatic amines is 1. The monoisotopic (exact) mass is 422 g/mol. The topological polar surface area (TPSA) is 63.8 Å². The molecule has 2 aromatic carbocycles. The van der Waals surface area contributed by atoms with Crippen LogP contribution in [0.25, 0.3) is 10.9 Å². The number of ether oxygens (including phenoxy) is 3. The molecule has 6 nitrogen and oxygen atoms in total. The summed E-state index contributed by atoms with van der Waals surface area (Å²) in [5, 5.41) is 1.23. The van der Waals surface area contributed by atoms with Crippen molar-refractivity contribution >= 4 is 16.8 Å². The molecule has 0 unspecified atom stereocenters. The minimum atomic E-state index is -0.0369. The highest BCUT2D eigenvalue weighted by Gasteiger charge is 2.32. The minimum absolute atomic E-state index is 0.0193. The average molecular weight is 423 g/mol. The van der Waals surface area contributed by atoms with Gasteiger partial charge in [0.1, 0.15) is 6.61 Å². The fourth-order valence-corrected chi connectivity index (χ4v) is 4.58. The van der Waals surface area contributed by atoms with Crippen LogP contribution in [0.5, 0.6) is 11.5 Å². The van der Waals surface area contributed by atoms with Crippen LogP contribution in [0, 0.1) is 0 Å². The lowest BCUT2D eigenvalue weighted by atomic mass is 9.88. The Bertz CT molecular complexity index is 1060. The Kier molecular flexibility index (Phi) is 6.47. The van der Waals surface area contributed by atoms with Gasteiger partial charge >= 0.3 is 0 Å². The standard InChI is InChI=1S/C25H30N2O4/c1-4-31-24-14-20-17(13-23(24)30-3)11-12-27(25(28)16-29-2)22(20)10-9-18-15-26-21-8-6-5-7-19(18)21/h5-8,13-15,22,26H,4,9-12,16H2,1-3H3/t22-/m1/s1. The molecule has 1 aliphatic heterocycles. The molecule has 1 aliphatic rings. The molecular weight excluding hydrogens is 392 g/mol. The lowest BCUT2D eigenvalue weighted by molar-refractivity contribution is -0.138. The normalized spacial score (nSPS) is 15.7. The molecule has 0 bridgehead atoms. The summed E-state index contributed by atoms with van der Waals surface area (Å²) in [6, 6.07) is 12.4. The maximum atomic E-state index is 12.9. The summed E-state index contributed by atoms with van der Waals surface area (Å²) in [4.78, 5) is 18.2. The molecule has 6 heteroatoms. The van der Waals surface area contributed by atoms with E-state index in [4.69, 9.17) is 14.2 Å². The van der Waals surface area contributed by atoms with Crippen molar-refractivity contribution in [2.45, 2.75) is 32.2 Å². The van der Waals surface area contributed by atoms with E-state index < -0.39 is 0 Å². The zero-order valence-corrected chi connectivity index (χ0v) is 18.4. The van der Waals surface area contributed by atoms with Gasteiger partial charge in [-0.2, -0.15) is 0 Å². The van der Waals surface area contributed by atoms with E-state index >= 15 is 0 Å². The fourth-order valence-electron chi connectivity index (χ4n) is 4.58. The maximum Gasteiger partial charge on any atom is 0.249 e. The Morgan fingerprint density at radius 2 is 2.03 bits per heavy atom. The second kappa shape index (κ2) is 9.43. The zero-order chi connectivity index (χ0) is 21.8. The molecule has 0 aliphatic carbocycles. The van der Waals surface area contributed by atoms with Gasteiger partial charge in [0.25, 0.3) is 0 Å². The molecule has 164 valence electrons. The molecule has 31 heavy (non-hydrogen) atoms. The van der Waals surface area contributed by atoms with Crippen LogP contribution in [0.15, 0.2) is 42.6 Å². The Balaban J connectivity index is 1.68. The molecule has 0 spiro atoms. The number of carbonyl (C=O) groups is 1. The fraction of sp³-hybridized carbons (Fsp3) is 0.400. The molecule has 1 atom stereocenters. The van der Waals surface area contributed by atoms with Gasteiger partial charge in [-0.25, -0.2) is 0 Å². The zero-order valence-electron chi connectivity index (χ0n) is 18.4. The SMILES string of the molecule is CCOc1cc2c(cc1OC)CCN(C(=O)COC)[C@@H]2CCc1c[nH]c2ccccc12. The summed E-state index contributed by atoms with van der Waals surface area (Å²) in [6.07, 6.45) is 4.55. The first-order valence-corrected chi connectivity index (χ1v) is 10.8. The van der Waals surface area contributed by atoms with Crippen molar-refractivity contribution < 1.29 is 19.0 Å². The van der Waals surface area contributed by atoms with E-state index in [0.717, 1.165) is 41.8 Å². The number of carbonyl (C=O) groups excluding carboxylic acids is 1. The van der Waals surface area contributed by atoms with Crippen LogP contribution in [-0.2, 0) is 22.4 Å². The van der Waals surface area contributed by atoms with E-state index in [1.54, 1.807) is 14.2 Å². The highest BCUT2D eigenvalue weighted by Crippen LogP contribution is 2.40. The number of benzene rings is 2. The number of amides is 1. The number of rotatable bonds is 8. The van der Waals surface area contributed by atoms with Crippen LogP contribution in [0.2, 0.25) is 0 Å². The van der Waals surface area contributed by atoms with E-state index in [1.807, 2.05) is 17.9 Å². The third-order valence-corrected chi connectivity index (χ3v) is 6.03. The van der Waals surface area contributed by atoms with E-state index in [-0.39, 0.29) is 18.6 Å². The van der Waals surface area contributed by atoms with Crippen LogP contribution in [0.1, 0.15) is 36.1 Å². The number of nitrogens with zero attached hydrogens (tertiary/aromatic N) is 1. The molecule has 0 saturated carbocycles. The third-order valence-electron chi connectivity index (χ3n) is 6.03. The number of aromatic nitrogens is 1. The molecule has 4 rings (SSSR count). The second-order valence-electron chi connectivity index (χ2n) is 7.82. The van der Waals surface area contributed by atoms with E-state index in [0.29, 0.717) is 13.2 Å². The number of hydrogen-bond donors (Lipinski definition) is 1. The van der Waals surface area contributed by atoms with Gasteiger partial charge in [0.2, 0.25) is 5.91 Å². The summed E-state index contributed by atoms with van der Waals surface area (Å²) >= 11 is 0. The van der Waals surface area contributed by atoms with Crippen molar-refractivity contribution in [2.24, 2.45) is 0 Å². The highest BCUT2D eigenvalue weighted by molar-refractivity contribution is 5.83. The molecule has 0 saturated heterocycles. The number of para-hydroxylation sites is 1. The Morgan fingerprint density at radius 3 is 2.81 bits per heavy atom. The van der Waals surface area contributed by atoms with Gasteiger partial charge in [0.15, 0.2) is 11.5 Å². The molecule has 2 heterocycles. The van der Waals surface area contributed by atoms with Crippen molar-refractivity contribution in [1.82, 2.24) is 9.88 Å². The first-order valence-electron chi connectivity index (χ1n) is 10.8. The molecule has 1 aromatic heterocycles. The number of nitrogens with one attached hydrogen (secondary N) is 1. The van der Waals surface area contributed by atoms with Gasteiger partial charge in [-0.1, -0.05) is 18.2 Å². The summed E-state index contributed by atoms with van der Waals surface area (Å²) in [5.41, 5.74) is 4.75. The van der Waals surface area contributed by atoms with Gasteiger partial charge in [0.05, 0.1) is 19.8 Å². The summed E-state index contributed by atoms with van der Waals surface area (Å²) in [7, 11) is 3.23. The van der Waals surface area contributed by atoms with Crippen molar-refractivity contribution in [1.29, 1.82) is 0 Å². The van der Waals surface area contributed by atoms with Gasteiger partial charge in [-0.15, -0.1) is 0 Å². The highest BCUT2D eigenvalue weighted by atomic mass is 16.5. The molecular formula is C25H30N2O4. The number of H-pyrrole nitrogens is 1. The van der Waals surface area contributed by atoms with Crippen molar-refractivity contribution in [3.05, 3.63) is 59.3 Å². The van der Waals surface area contributed by atoms with Crippen molar-refractivity contribution in [3.8, 4) is 11.5 Å². The Morgan fingerprint density at radius 1 is 1.19 bits per heavy atom. The first-order chi connectivity index (χ1) is 15.2. The molecule has 0 fully saturated rings. The van der Waals surface area contributed by atoms with Crippen LogP contribution in [-0.4, -0.2) is 49.8 Å². The lowest BCUT2D eigenvalue weighted by Crippen LogP contribution is -2.42. The van der Waals surface area contributed by atoms with E-state index in [9.17, 15) is 4.79 Å². The maximum absolute atomic E-state index is 12.9. The number of aryl methyl sites for hydroxylation is 1. The number of methoxy groups -OCH3 is 2. The van der Waals surface area contributed by atoms with E-state index in [1.165, 1.54) is 16.5 Å². The summed E-state index contributed by atoms with van der Waals surface area (Å²) < 4.78 is 16.5. The predicted octanol–water partition coefficient (Wildman–Crippen LogP) is 4.28. The first kappa shape index (κ1) is 21.2. The third kappa shape index (κ3) is 4.26. The quantitative estimate of drug-likeness (QED) is 0.589. The summed E-state index contributed by atoms with van der Waals surface area (Å²) in [6.45, 7) is 3.28. The van der Waals surface area contributed by atoms with Crippen LogP contribution in [0.3, 0.4) is 0 Å². The average Bonchev–Trinajstić information content (AvgIpc) is 3.20. The van der Waals surface area contributed by atoms with E-state index in [2.05, 4.69) is 41.5 Å². The lowest BCUT2D eigenvalue weighted by Gasteiger charge is -2.38. The molecule has 0 radical (unpaired) electrons.